The van der Waals surface area contributed by atoms with Gasteiger partial charge < -0.3 is 24.4 Å². The fourth-order valence-electron chi connectivity index (χ4n) is 5.25. The maximum Gasteiger partial charge on any atom is 0.298 e. The lowest BCUT2D eigenvalue weighted by molar-refractivity contribution is -0.112. The fourth-order valence-corrected chi connectivity index (χ4v) is 5.38. The van der Waals surface area contributed by atoms with Crippen molar-refractivity contribution in [2.24, 2.45) is 7.05 Å². The Balaban J connectivity index is 1.18. The number of carbonyl (C=O) groups excluding carboxylic acids is 2. The van der Waals surface area contributed by atoms with Gasteiger partial charge in [0.2, 0.25) is 5.95 Å². The maximum atomic E-state index is 13.3. The molecular weight excluding hydrogens is 516 g/mol. The first-order valence-electron chi connectivity index (χ1n) is 12.7. The first-order valence-corrected chi connectivity index (χ1v) is 13.1. The minimum absolute atomic E-state index is 0.118. The highest BCUT2D eigenvalue weighted by molar-refractivity contribution is 6.47. The molecule has 1 amide bonds. The number of anilines is 3. The van der Waals surface area contributed by atoms with Gasteiger partial charge in [0, 0.05) is 55.9 Å². The molecule has 0 aliphatic carbocycles. The van der Waals surface area contributed by atoms with Crippen molar-refractivity contribution >= 4 is 40.6 Å². The monoisotopic (exact) mass is 542 g/mol. The number of rotatable bonds is 5. The lowest BCUT2D eigenvalue weighted by Gasteiger charge is -2.45. The van der Waals surface area contributed by atoms with Crippen LogP contribution in [0, 0.1) is 6.92 Å². The van der Waals surface area contributed by atoms with Crippen LogP contribution >= 0.6 is 11.6 Å². The van der Waals surface area contributed by atoms with Crippen molar-refractivity contribution in [2.45, 2.75) is 13.0 Å². The Morgan fingerprint density at radius 2 is 1.90 bits per heavy atom. The molecule has 4 heterocycles. The van der Waals surface area contributed by atoms with Crippen molar-refractivity contribution < 1.29 is 14.3 Å². The summed E-state index contributed by atoms with van der Waals surface area (Å²) in [5.41, 5.74) is 4.32. The number of hydrogen-bond acceptors (Lipinski definition) is 7. The molecule has 0 spiro atoms. The molecule has 9 nitrogen and oxygen atoms in total. The third kappa shape index (κ3) is 4.70. The lowest BCUT2D eigenvalue weighted by atomic mass is 10.0. The second-order valence-corrected chi connectivity index (χ2v) is 10.1. The molecule has 2 aliphatic heterocycles. The van der Waals surface area contributed by atoms with Crippen molar-refractivity contribution in [3.8, 4) is 16.9 Å². The van der Waals surface area contributed by atoms with Crippen LogP contribution in [0.25, 0.3) is 11.1 Å². The number of carbonyl (C=O) groups is 2. The minimum Gasteiger partial charge on any atom is -0.489 e. The number of aromatic nitrogens is 3. The van der Waals surface area contributed by atoms with Crippen LogP contribution in [0.15, 0.2) is 66.9 Å². The minimum atomic E-state index is -0.697. The van der Waals surface area contributed by atoms with Crippen molar-refractivity contribution in [2.75, 3.05) is 41.4 Å². The number of fused-ring (bicyclic) bond motifs is 3. The van der Waals surface area contributed by atoms with Gasteiger partial charge in [-0.15, -0.1) is 0 Å². The number of hydrogen-bond donors (Lipinski definition) is 1. The molecule has 10 heteroatoms. The molecule has 2 aromatic heterocycles. The largest absolute Gasteiger partial charge is 0.489 e. The third-order valence-corrected chi connectivity index (χ3v) is 7.52. The first-order chi connectivity index (χ1) is 18.9. The van der Waals surface area contributed by atoms with Gasteiger partial charge in [-0.25, -0.2) is 9.97 Å². The Labute approximate surface area is 231 Å². The van der Waals surface area contributed by atoms with Crippen LogP contribution in [0.5, 0.6) is 5.75 Å². The van der Waals surface area contributed by atoms with E-state index in [0.717, 1.165) is 35.6 Å². The number of nitrogens with zero attached hydrogens (tertiary/aromatic N) is 5. The van der Waals surface area contributed by atoms with Crippen LogP contribution < -0.4 is 19.9 Å². The van der Waals surface area contributed by atoms with E-state index in [9.17, 15) is 9.59 Å². The van der Waals surface area contributed by atoms with Crippen LogP contribution in [0.3, 0.4) is 0 Å². The zero-order valence-electron chi connectivity index (χ0n) is 21.6. The molecule has 1 unspecified atom stereocenters. The quantitative estimate of drug-likeness (QED) is 0.228. The normalized spacial score (nSPS) is 16.2. The summed E-state index contributed by atoms with van der Waals surface area (Å²) in [6.07, 6.45) is 1.66. The Morgan fingerprint density at radius 1 is 1.08 bits per heavy atom. The van der Waals surface area contributed by atoms with E-state index in [1.54, 1.807) is 36.0 Å². The van der Waals surface area contributed by atoms with Gasteiger partial charge in [-0.3, -0.25) is 9.59 Å². The molecule has 1 N–H and O–H groups in total. The Kier molecular flexibility index (Phi) is 6.44. The molecule has 1 atom stereocenters. The van der Waals surface area contributed by atoms with Gasteiger partial charge >= 0.3 is 0 Å². The first kappa shape index (κ1) is 24.9. The molecule has 4 aromatic rings. The molecule has 2 aliphatic rings. The number of ether oxygens (including phenoxy) is 1. The number of nitrogens with one attached hydrogen (secondary N) is 1. The molecule has 39 heavy (non-hydrogen) atoms. The van der Waals surface area contributed by atoms with E-state index >= 15 is 0 Å². The number of benzene rings is 2. The van der Waals surface area contributed by atoms with Gasteiger partial charge in [0.1, 0.15) is 23.2 Å². The number of piperazine rings is 1. The van der Waals surface area contributed by atoms with Crippen LogP contribution in [0.1, 0.15) is 16.2 Å². The highest BCUT2D eigenvalue weighted by Gasteiger charge is 2.34. The molecule has 0 bridgehead atoms. The summed E-state index contributed by atoms with van der Waals surface area (Å²) in [5, 5.41) is 3.19. The standard InChI is InChI=1S/C29H27ClN6O3/c1-18-14-22(19-6-4-3-5-7-19)26(34(18)2)27(37)28(38)32-20-8-9-23-24(15-20)39-17-21-16-35(12-13-36(21)23)29-31-11-10-25(30)33-29/h3-11,14-15,21H,12-13,16-17H2,1-2H3,(H,32,38). The van der Waals surface area contributed by atoms with E-state index in [2.05, 4.69) is 25.1 Å². The van der Waals surface area contributed by atoms with E-state index in [1.165, 1.54) is 0 Å². The van der Waals surface area contributed by atoms with Gasteiger partial charge in [-0.1, -0.05) is 41.9 Å². The Morgan fingerprint density at radius 3 is 2.69 bits per heavy atom. The summed E-state index contributed by atoms with van der Waals surface area (Å²) in [7, 11) is 1.80. The predicted molar refractivity (Wildman–Crippen MR) is 151 cm³/mol. The summed E-state index contributed by atoms with van der Waals surface area (Å²) in [6, 6.07) is 18.8. The average molecular weight is 543 g/mol. The van der Waals surface area contributed by atoms with Gasteiger partial charge in [-0.05, 0) is 36.8 Å². The number of ketones is 1. The van der Waals surface area contributed by atoms with Crippen LogP contribution in [0.4, 0.5) is 17.3 Å². The van der Waals surface area contributed by atoms with E-state index < -0.39 is 11.7 Å². The molecule has 198 valence electrons. The van der Waals surface area contributed by atoms with Crippen LogP contribution in [0.2, 0.25) is 5.15 Å². The zero-order chi connectivity index (χ0) is 27.1. The summed E-state index contributed by atoms with van der Waals surface area (Å²) in [6.45, 7) is 4.59. The Bertz CT molecular complexity index is 1570. The van der Waals surface area contributed by atoms with Gasteiger partial charge in [0.05, 0.1) is 11.7 Å². The van der Waals surface area contributed by atoms with E-state index in [-0.39, 0.29) is 6.04 Å². The topological polar surface area (TPSA) is 92.6 Å². The summed E-state index contributed by atoms with van der Waals surface area (Å²) in [4.78, 5) is 39.5. The number of amides is 1. The summed E-state index contributed by atoms with van der Waals surface area (Å²) >= 11 is 6.05. The van der Waals surface area contributed by atoms with E-state index in [1.807, 2.05) is 49.4 Å². The smallest absolute Gasteiger partial charge is 0.298 e. The fraction of sp³-hybridized carbons (Fsp3) is 0.241. The zero-order valence-corrected chi connectivity index (χ0v) is 22.4. The number of aryl methyl sites for hydroxylation is 1. The van der Waals surface area contributed by atoms with E-state index in [4.69, 9.17) is 16.3 Å². The van der Waals surface area contributed by atoms with Crippen LogP contribution in [-0.4, -0.2) is 58.5 Å². The van der Waals surface area contributed by atoms with Crippen molar-refractivity contribution in [3.05, 3.63) is 83.4 Å². The maximum absolute atomic E-state index is 13.3. The van der Waals surface area contributed by atoms with Crippen molar-refractivity contribution in [1.29, 1.82) is 0 Å². The molecule has 1 saturated heterocycles. The SMILES string of the molecule is Cc1cc(-c2ccccc2)c(C(=O)C(=O)Nc2ccc3c(c2)OCC2CN(c4nccc(Cl)n4)CCN32)n1C. The second kappa shape index (κ2) is 10.1. The molecule has 6 rings (SSSR count). The molecule has 1 fully saturated rings. The van der Waals surface area contributed by atoms with Gasteiger partial charge in [-0.2, -0.15) is 0 Å². The van der Waals surface area contributed by atoms with Gasteiger partial charge in [0.15, 0.2) is 0 Å². The third-order valence-electron chi connectivity index (χ3n) is 7.31. The van der Waals surface area contributed by atoms with Crippen molar-refractivity contribution in [1.82, 2.24) is 14.5 Å². The average Bonchev–Trinajstić information content (AvgIpc) is 3.26. The van der Waals surface area contributed by atoms with Gasteiger partial charge in [0.25, 0.3) is 11.7 Å². The molecule has 0 radical (unpaired) electrons. The predicted octanol–water partition coefficient (Wildman–Crippen LogP) is 4.35. The summed E-state index contributed by atoms with van der Waals surface area (Å²) in [5.74, 6) is -0.0113. The summed E-state index contributed by atoms with van der Waals surface area (Å²) < 4.78 is 7.85. The highest BCUT2D eigenvalue weighted by atomic mass is 35.5. The van der Waals surface area contributed by atoms with E-state index in [0.29, 0.717) is 41.4 Å². The molecule has 0 saturated carbocycles. The molecule has 2 aromatic carbocycles. The molecular formula is C29H27ClN6O3. The Hall–Kier alpha value is -4.37. The van der Waals surface area contributed by atoms with Crippen molar-refractivity contribution in [3.63, 3.8) is 0 Å². The second-order valence-electron chi connectivity index (χ2n) is 9.72. The number of Topliss-reactive ketones (excluding diaryl/α,β-unsaturated/α-hetero) is 1. The highest BCUT2D eigenvalue weighted by Crippen LogP contribution is 2.38. The lowest BCUT2D eigenvalue weighted by Crippen LogP contribution is -2.57. The van der Waals surface area contributed by atoms with Crippen LogP contribution in [-0.2, 0) is 11.8 Å². The number of halogens is 1.